The van der Waals surface area contributed by atoms with E-state index in [2.05, 4.69) is 40.1 Å². The molecule has 1 N–H and O–H groups in total. The number of hydrogen-bond donors (Lipinski definition) is 1. The predicted octanol–water partition coefficient (Wildman–Crippen LogP) is 3.13. The van der Waals surface area contributed by atoms with E-state index in [0.29, 0.717) is 11.9 Å². The molecule has 0 aliphatic rings. The minimum Gasteiger partial charge on any atom is -0.475 e. The van der Waals surface area contributed by atoms with Gasteiger partial charge in [-0.3, -0.25) is 0 Å². The van der Waals surface area contributed by atoms with Crippen LogP contribution >= 0.6 is 15.9 Å². The van der Waals surface area contributed by atoms with Crippen molar-refractivity contribution in [2.75, 3.05) is 0 Å². The van der Waals surface area contributed by atoms with Gasteiger partial charge < -0.3 is 10.1 Å². The van der Waals surface area contributed by atoms with Crippen molar-refractivity contribution in [1.82, 2.24) is 10.3 Å². The summed E-state index contributed by atoms with van der Waals surface area (Å²) in [7, 11) is 0. The molecule has 0 atom stereocenters. The molecule has 3 nitrogen and oxygen atoms in total. The predicted molar refractivity (Wildman–Crippen MR) is 69.7 cm³/mol. The summed E-state index contributed by atoms with van der Waals surface area (Å²) in [5.41, 5.74) is 1.08. The first-order valence-corrected chi connectivity index (χ1v) is 6.32. The molecular weight excluding hydrogens is 268 g/mol. The van der Waals surface area contributed by atoms with E-state index in [0.717, 1.165) is 16.6 Å². The normalized spacial score (nSPS) is 11.2. The molecule has 0 aliphatic heterocycles. The van der Waals surface area contributed by atoms with Crippen molar-refractivity contribution >= 4 is 15.9 Å². The molecular formula is C12H19BrN2O. The second kappa shape index (κ2) is 6.21. The molecule has 0 fully saturated rings. The van der Waals surface area contributed by atoms with Gasteiger partial charge in [0.25, 0.3) is 0 Å². The lowest BCUT2D eigenvalue weighted by molar-refractivity contribution is 0.229. The van der Waals surface area contributed by atoms with Gasteiger partial charge in [-0.25, -0.2) is 4.98 Å². The van der Waals surface area contributed by atoms with Crippen molar-refractivity contribution in [2.45, 2.75) is 46.4 Å². The highest BCUT2D eigenvalue weighted by atomic mass is 79.9. The molecule has 1 rings (SSSR count). The van der Waals surface area contributed by atoms with Gasteiger partial charge in [-0.05, 0) is 35.8 Å². The van der Waals surface area contributed by atoms with Crippen LogP contribution < -0.4 is 10.1 Å². The zero-order valence-corrected chi connectivity index (χ0v) is 11.8. The minimum absolute atomic E-state index is 0.145. The van der Waals surface area contributed by atoms with Crippen LogP contribution in [0, 0.1) is 0 Å². The Morgan fingerprint density at radius 1 is 1.38 bits per heavy atom. The third kappa shape index (κ3) is 4.49. The monoisotopic (exact) mass is 286 g/mol. The summed E-state index contributed by atoms with van der Waals surface area (Å²) in [5, 5.41) is 3.36. The summed E-state index contributed by atoms with van der Waals surface area (Å²) in [6.45, 7) is 9.02. The Bertz CT molecular complexity index is 340. The molecule has 4 heteroatoms. The quantitative estimate of drug-likeness (QED) is 0.903. The molecule has 0 radical (unpaired) electrons. The molecule has 90 valence electrons. The molecule has 16 heavy (non-hydrogen) atoms. The van der Waals surface area contributed by atoms with Gasteiger partial charge in [0, 0.05) is 28.8 Å². The second-order valence-corrected chi connectivity index (χ2v) is 5.24. The molecule has 0 aromatic carbocycles. The van der Waals surface area contributed by atoms with E-state index in [1.54, 1.807) is 6.20 Å². The standard InChI is InChI=1S/C12H19BrN2O/c1-8(2)14-6-10-5-11(13)7-15-12(10)16-9(3)4/h5,7-9,14H,6H2,1-4H3. The second-order valence-electron chi connectivity index (χ2n) is 4.32. The Hall–Kier alpha value is -0.610. The van der Waals surface area contributed by atoms with E-state index >= 15 is 0 Å². The summed E-state index contributed by atoms with van der Waals surface area (Å²) in [6.07, 6.45) is 1.91. The van der Waals surface area contributed by atoms with Gasteiger partial charge in [-0.15, -0.1) is 0 Å². The Morgan fingerprint density at radius 3 is 2.62 bits per heavy atom. The molecule has 0 unspecified atom stereocenters. The largest absolute Gasteiger partial charge is 0.475 e. The van der Waals surface area contributed by atoms with Crippen LogP contribution in [-0.2, 0) is 6.54 Å². The molecule has 1 aromatic heterocycles. The average molecular weight is 287 g/mol. The summed E-state index contributed by atoms with van der Waals surface area (Å²) >= 11 is 3.42. The van der Waals surface area contributed by atoms with Crippen LogP contribution in [0.5, 0.6) is 5.88 Å². The first-order chi connectivity index (χ1) is 7.49. The summed E-state index contributed by atoms with van der Waals surface area (Å²) in [5.74, 6) is 0.714. The zero-order chi connectivity index (χ0) is 12.1. The highest BCUT2D eigenvalue weighted by Crippen LogP contribution is 2.21. The highest BCUT2D eigenvalue weighted by molar-refractivity contribution is 9.10. The van der Waals surface area contributed by atoms with Crippen LogP contribution in [0.3, 0.4) is 0 Å². The van der Waals surface area contributed by atoms with Crippen molar-refractivity contribution in [1.29, 1.82) is 0 Å². The van der Waals surface area contributed by atoms with Gasteiger partial charge in [0.05, 0.1) is 6.10 Å². The fourth-order valence-corrected chi connectivity index (χ4v) is 1.62. The minimum atomic E-state index is 0.145. The van der Waals surface area contributed by atoms with Crippen LogP contribution in [0.2, 0.25) is 0 Å². The molecule has 1 heterocycles. The Morgan fingerprint density at radius 2 is 2.06 bits per heavy atom. The highest BCUT2D eigenvalue weighted by Gasteiger charge is 2.08. The van der Waals surface area contributed by atoms with Crippen molar-refractivity contribution in [3.05, 3.63) is 22.3 Å². The number of pyridine rings is 1. The van der Waals surface area contributed by atoms with Gasteiger partial charge in [-0.2, -0.15) is 0 Å². The fourth-order valence-electron chi connectivity index (χ4n) is 1.24. The van der Waals surface area contributed by atoms with E-state index in [9.17, 15) is 0 Å². The molecule has 0 aliphatic carbocycles. The maximum atomic E-state index is 5.66. The van der Waals surface area contributed by atoms with Crippen molar-refractivity contribution < 1.29 is 4.74 Å². The number of aromatic nitrogens is 1. The molecule has 1 aromatic rings. The molecule has 0 saturated heterocycles. The van der Waals surface area contributed by atoms with E-state index in [4.69, 9.17) is 4.74 Å². The number of hydrogen-bond acceptors (Lipinski definition) is 3. The van der Waals surface area contributed by atoms with Gasteiger partial charge in [0.15, 0.2) is 0 Å². The van der Waals surface area contributed by atoms with Gasteiger partial charge in [-0.1, -0.05) is 13.8 Å². The maximum absolute atomic E-state index is 5.66. The first kappa shape index (κ1) is 13.5. The smallest absolute Gasteiger partial charge is 0.218 e. The van der Waals surface area contributed by atoms with Gasteiger partial charge in [0.2, 0.25) is 5.88 Å². The third-order valence-electron chi connectivity index (χ3n) is 1.94. The van der Waals surface area contributed by atoms with E-state index in [-0.39, 0.29) is 6.10 Å². The Labute approximate surface area is 106 Å². The number of halogens is 1. The van der Waals surface area contributed by atoms with Crippen LogP contribution in [0.4, 0.5) is 0 Å². The average Bonchev–Trinajstić information content (AvgIpc) is 2.17. The lowest BCUT2D eigenvalue weighted by Crippen LogP contribution is -2.22. The van der Waals surface area contributed by atoms with Crippen molar-refractivity contribution in [2.24, 2.45) is 0 Å². The van der Waals surface area contributed by atoms with Gasteiger partial charge in [0.1, 0.15) is 0 Å². The topological polar surface area (TPSA) is 34.2 Å². The summed E-state index contributed by atoms with van der Waals surface area (Å²) < 4.78 is 6.64. The fraction of sp³-hybridized carbons (Fsp3) is 0.583. The number of nitrogens with zero attached hydrogens (tertiary/aromatic N) is 1. The van der Waals surface area contributed by atoms with E-state index in [1.165, 1.54) is 0 Å². The van der Waals surface area contributed by atoms with E-state index < -0.39 is 0 Å². The molecule has 0 amide bonds. The van der Waals surface area contributed by atoms with Crippen LogP contribution in [0.1, 0.15) is 33.3 Å². The summed E-state index contributed by atoms with van der Waals surface area (Å²) in [6, 6.07) is 2.49. The van der Waals surface area contributed by atoms with Crippen molar-refractivity contribution in [3.63, 3.8) is 0 Å². The molecule has 0 saturated carbocycles. The Balaban J connectivity index is 2.81. The summed E-state index contributed by atoms with van der Waals surface area (Å²) in [4.78, 5) is 4.29. The van der Waals surface area contributed by atoms with Crippen LogP contribution in [0.15, 0.2) is 16.7 Å². The zero-order valence-electron chi connectivity index (χ0n) is 10.2. The van der Waals surface area contributed by atoms with Gasteiger partial charge >= 0.3 is 0 Å². The SMILES string of the molecule is CC(C)NCc1cc(Br)cnc1OC(C)C. The number of nitrogens with one attached hydrogen (secondary N) is 1. The Kier molecular flexibility index (Phi) is 5.22. The number of ether oxygens (including phenoxy) is 1. The number of rotatable bonds is 5. The van der Waals surface area contributed by atoms with E-state index in [1.807, 2.05) is 19.9 Å². The first-order valence-electron chi connectivity index (χ1n) is 5.53. The third-order valence-corrected chi connectivity index (χ3v) is 2.37. The molecule has 0 spiro atoms. The lowest BCUT2D eigenvalue weighted by atomic mass is 10.2. The van der Waals surface area contributed by atoms with Crippen molar-refractivity contribution in [3.8, 4) is 5.88 Å². The molecule has 0 bridgehead atoms. The van der Waals surface area contributed by atoms with Crippen LogP contribution in [0.25, 0.3) is 0 Å². The van der Waals surface area contributed by atoms with Crippen LogP contribution in [-0.4, -0.2) is 17.1 Å². The lowest BCUT2D eigenvalue weighted by Gasteiger charge is -2.15. The maximum Gasteiger partial charge on any atom is 0.218 e.